The molecule has 0 aromatic heterocycles. The molecule has 0 aromatic rings. The smallest absolute Gasteiger partial charge is 0.00413 e. The lowest BCUT2D eigenvalue weighted by Gasteiger charge is -2.29. The lowest BCUT2D eigenvalue weighted by atomic mass is 9.81. The molecule has 1 saturated carbocycles. The molecule has 1 heteroatoms. The summed E-state index contributed by atoms with van der Waals surface area (Å²) >= 11 is 0. The second kappa shape index (κ2) is 5.16. The van der Waals surface area contributed by atoms with Gasteiger partial charge in [-0.2, -0.15) is 0 Å². The van der Waals surface area contributed by atoms with Crippen LogP contribution in [0.2, 0.25) is 0 Å². The maximum absolute atomic E-state index is 3.64. The Morgan fingerprint density at radius 3 is 2.36 bits per heavy atom. The molecular weight excluding hydrogens is 170 g/mol. The van der Waals surface area contributed by atoms with Gasteiger partial charge in [0.15, 0.2) is 0 Å². The van der Waals surface area contributed by atoms with Gasteiger partial charge in [-0.25, -0.2) is 0 Å². The van der Waals surface area contributed by atoms with Crippen LogP contribution in [-0.4, -0.2) is 12.6 Å². The molecule has 0 aromatic carbocycles. The fourth-order valence-electron chi connectivity index (χ4n) is 2.01. The summed E-state index contributed by atoms with van der Waals surface area (Å²) in [6, 6.07) is 0.725. The predicted molar refractivity (Wildman–Crippen MR) is 63.5 cm³/mol. The van der Waals surface area contributed by atoms with Gasteiger partial charge in [0, 0.05) is 6.04 Å². The maximum atomic E-state index is 3.64. The summed E-state index contributed by atoms with van der Waals surface area (Å²) in [5.41, 5.74) is 0.475. The van der Waals surface area contributed by atoms with Gasteiger partial charge in [0.25, 0.3) is 0 Å². The van der Waals surface area contributed by atoms with Crippen LogP contribution < -0.4 is 5.32 Å². The molecule has 1 aliphatic carbocycles. The zero-order valence-corrected chi connectivity index (χ0v) is 10.4. The third kappa shape index (κ3) is 4.99. The highest BCUT2D eigenvalue weighted by molar-refractivity contribution is 4.75. The first kappa shape index (κ1) is 12.0. The lowest BCUT2D eigenvalue weighted by molar-refractivity contribution is 0.260. The number of hydrogen-bond acceptors (Lipinski definition) is 1. The number of hydrogen-bond donors (Lipinski definition) is 1. The van der Waals surface area contributed by atoms with Gasteiger partial charge in [-0.1, -0.05) is 40.0 Å². The van der Waals surface area contributed by atoms with E-state index in [0.29, 0.717) is 5.41 Å². The van der Waals surface area contributed by atoms with Crippen LogP contribution in [-0.2, 0) is 0 Å². The predicted octanol–water partition coefficient (Wildman–Crippen LogP) is 3.59. The minimum absolute atomic E-state index is 0.475. The van der Waals surface area contributed by atoms with Crippen molar-refractivity contribution in [2.24, 2.45) is 11.3 Å². The van der Waals surface area contributed by atoms with Gasteiger partial charge in [-0.15, -0.1) is 0 Å². The van der Waals surface area contributed by atoms with E-state index in [0.717, 1.165) is 12.0 Å². The van der Waals surface area contributed by atoms with E-state index < -0.39 is 0 Å². The summed E-state index contributed by atoms with van der Waals surface area (Å²) in [6.45, 7) is 10.4. The Bertz CT molecular complexity index is 153. The molecule has 0 radical (unpaired) electrons. The molecule has 1 aliphatic rings. The Balaban J connectivity index is 1.99. The SMILES string of the molecule is CC(CC1CCC1)NCCC(C)(C)C. The Kier molecular flexibility index (Phi) is 4.43. The molecule has 0 heterocycles. The summed E-state index contributed by atoms with van der Waals surface area (Å²) in [4.78, 5) is 0. The molecule has 1 atom stereocenters. The molecule has 1 N–H and O–H groups in total. The Hall–Kier alpha value is -0.0400. The fourth-order valence-corrected chi connectivity index (χ4v) is 2.01. The molecule has 1 rings (SSSR count). The average molecular weight is 197 g/mol. The van der Waals surface area contributed by atoms with E-state index in [1.165, 1.54) is 38.6 Å². The zero-order valence-electron chi connectivity index (χ0n) is 10.4. The average Bonchev–Trinajstić information content (AvgIpc) is 1.94. The molecular formula is C13H27N. The second-order valence-electron chi connectivity index (χ2n) is 6.20. The van der Waals surface area contributed by atoms with E-state index in [4.69, 9.17) is 0 Å². The highest BCUT2D eigenvalue weighted by atomic mass is 14.9. The maximum Gasteiger partial charge on any atom is 0.00413 e. The molecule has 84 valence electrons. The van der Waals surface area contributed by atoms with Crippen molar-refractivity contribution in [2.75, 3.05) is 6.54 Å². The van der Waals surface area contributed by atoms with E-state index in [1.54, 1.807) is 0 Å². The molecule has 1 nitrogen and oxygen atoms in total. The monoisotopic (exact) mass is 197 g/mol. The summed E-state index contributed by atoms with van der Waals surface area (Å²) in [5.74, 6) is 1.03. The molecule has 1 unspecified atom stereocenters. The van der Waals surface area contributed by atoms with Gasteiger partial charge in [0.1, 0.15) is 0 Å². The summed E-state index contributed by atoms with van der Waals surface area (Å²) in [7, 11) is 0. The highest BCUT2D eigenvalue weighted by Gasteiger charge is 2.19. The van der Waals surface area contributed by atoms with Crippen LogP contribution in [0, 0.1) is 11.3 Å². The van der Waals surface area contributed by atoms with Crippen molar-refractivity contribution in [3.8, 4) is 0 Å². The Labute approximate surface area is 89.7 Å². The van der Waals surface area contributed by atoms with Gasteiger partial charge in [0.2, 0.25) is 0 Å². The van der Waals surface area contributed by atoms with Gasteiger partial charge in [0.05, 0.1) is 0 Å². The first-order chi connectivity index (χ1) is 6.47. The molecule has 0 amide bonds. The van der Waals surface area contributed by atoms with Crippen LogP contribution in [0.3, 0.4) is 0 Å². The molecule has 0 saturated heterocycles. The van der Waals surface area contributed by atoms with E-state index >= 15 is 0 Å². The Morgan fingerprint density at radius 1 is 1.29 bits per heavy atom. The quantitative estimate of drug-likeness (QED) is 0.710. The van der Waals surface area contributed by atoms with Crippen molar-refractivity contribution in [1.82, 2.24) is 5.32 Å². The van der Waals surface area contributed by atoms with Crippen LogP contribution in [0.15, 0.2) is 0 Å². The van der Waals surface area contributed by atoms with E-state index in [-0.39, 0.29) is 0 Å². The van der Waals surface area contributed by atoms with Crippen molar-refractivity contribution in [1.29, 1.82) is 0 Å². The second-order valence-corrected chi connectivity index (χ2v) is 6.20. The van der Waals surface area contributed by atoms with Crippen molar-refractivity contribution in [3.05, 3.63) is 0 Å². The third-order valence-corrected chi connectivity index (χ3v) is 3.28. The van der Waals surface area contributed by atoms with Gasteiger partial charge >= 0.3 is 0 Å². The van der Waals surface area contributed by atoms with E-state index in [1.807, 2.05) is 0 Å². The van der Waals surface area contributed by atoms with Crippen molar-refractivity contribution in [2.45, 2.75) is 65.8 Å². The zero-order chi connectivity index (χ0) is 10.6. The minimum atomic E-state index is 0.475. The topological polar surface area (TPSA) is 12.0 Å². The summed E-state index contributed by atoms with van der Waals surface area (Å²) in [6.07, 6.45) is 7.10. The number of nitrogens with one attached hydrogen (secondary N) is 1. The van der Waals surface area contributed by atoms with Crippen LogP contribution in [0.1, 0.15) is 59.8 Å². The lowest BCUT2D eigenvalue weighted by Crippen LogP contribution is -2.32. The Morgan fingerprint density at radius 2 is 1.93 bits per heavy atom. The van der Waals surface area contributed by atoms with Crippen molar-refractivity contribution >= 4 is 0 Å². The standard InChI is InChI=1S/C13H27N/c1-11(10-12-6-5-7-12)14-9-8-13(2,3)4/h11-12,14H,5-10H2,1-4H3. The van der Waals surface area contributed by atoms with Gasteiger partial charge in [-0.3, -0.25) is 0 Å². The van der Waals surface area contributed by atoms with E-state index in [9.17, 15) is 0 Å². The van der Waals surface area contributed by atoms with Gasteiger partial charge in [-0.05, 0) is 37.6 Å². The third-order valence-electron chi connectivity index (χ3n) is 3.28. The highest BCUT2D eigenvalue weighted by Crippen LogP contribution is 2.30. The summed E-state index contributed by atoms with van der Waals surface area (Å²) in [5, 5.41) is 3.64. The molecule has 1 fully saturated rings. The first-order valence-electron chi connectivity index (χ1n) is 6.21. The minimum Gasteiger partial charge on any atom is -0.314 e. The van der Waals surface area contributed by atoms with Crippen LogP contribution in [0.5, 0.6) is 0 Å². The molecule has 0 bridgehead atoms. The summed E-state index contributed by atoms with van der Waals surface area (Å²) < 4.78 is 0. The molecule has 0 aliphatic heterocycles. The fraction of sp³-hybridized carbons (Fsp3) is 1.00. The van der Waals surface area contributed by atoms with Crippen LogP contribution in [0.4, 0.5) is 0 Å². The first-order valence-corrected chi connectivity index (χ1v) is 6.21. The van der Waals surface area contributed by atoms with Gasteiger partial charge < -0.3 is 5.32 Å². The number of rotatable bonds is 5. The van der Waals surface area contributed by atoms with Crippen LogP contribution >= 0.6 is 0 Å². The largest absolute Gasteiger partial charge is 0.314 e. The normalized spacial score (nSPS) is 20.6. The van der Waals surface area contributed by atoms with E-state index in [2.05, 4.69) is 33.0 Å². The molecule has 0 spiro atoms. The van der Waals surface area contributed by atoms with Crippen molar-refractivity contribution in [3.63, 3.8) is 0 Å². The van der Waals surface area contributed by atoms with Crippen molar-refractivity contribution < 1.29 is 0 Å². The van der Waals surface area contributed by atoms with Crippen LogP contribution in [0.25, 0.3) is 0 Å². The molecule has 14 heavy (non-hydrogen) atoms.